The van der Waals surface area contributed by atoms with Crippen molar-refractivity contribution in [1.82, 2.24) is 4.90 Å². The number of rotatable bonds is 0. The first-order valence-electron chi connectivity index (χ1n) is 5.05. The van der Waals surface area contributed by atoms with Crippen molar-refractivity contribution in [1.29, 1.82) is 0 Å². The monoisotopic (exact) mass is 155 g/mol. The molecule has 1 heteroatoms. The molecule has 1 heterocycles. The van der Waals surface area contributed by atoms with Crippen LogP contribution in [0.15, 0.2) is 0 Å². The first kappa shape index (κ1) is 9.05. The molecule has 0 bridgehead atoms. The molecule has 0 aromatic heterocycles. The third-order valence-electron chi connectivity index (χ3n) is 3.26. The second-order valence-corrected chi connectivity index (χ2v) is 3.60. The fourth-order valence-electron chi connectivity index (χ4n) is 2.32. The summed E-state index contributed by atoms with van der Waals surface area (Å²) in [4.78, 5) is 2.54. The van der Waals surface area contributed by atoms with Crippen LogP contribution in [0.3, 0.4) is 0 Å². The maximum Gasteiger partial charge on any atom is 0.0218 e. The summed E-state index contributed by atoms with van der Waals surface area (Å²) in [5.74, 6) is 0. The molecule has 0 aromatic rings. The van der Waals surface area contributed by atoms with Crippen molar-refractivity contribution in [2.75, 3.05) is 13.6 Å². The van der Waals surface area contributed by atoms with Gasteiger partial charge in [-0.25, -0.2) is 0 Å². The molecule has 1 saturated carbocycles. The molecule has 0 N–H and O–H groups in total. The van der Waals surface area contributed by atoms with E-state index in [4.69, 9.17) is 0 Å². The molecular formula is C10H21N. The molecule has 0 amide bonds. The van der Waals surface area contributed by atoms with Crippen LogP contribution in [0.1, 0.15) is 46.0 Å². The first-order chi connectivity index (χ1) is 5.33. The average Bonchev–Trinajstić information content (AvgIpc) is 2.56. The van der Waals surface area contributed by atoms with Crippen LogP contribution in [-0.4, -0.2) is 24.0 Å². The van der Waals surface area contributed by atoms with Crippen LogP contribution in [0, 0.1) is 0 Å². The minimum atomic E-state index is 0.708. The van der Waals surface area contributed by atoms with Gasteiger partial charge in [0.25, 0.3) is 0 Å². The highest BCUT2D eigenvalue weighted by Crippen LogP contribution is 2.43. The van der Waals surface area contributed by atoms with E-state index in [1.165, 1.54) is 38.6 Å². The van der Waals surface area contributed by atoms with Gasteiger partial charge in [0, 0.05) is 12.1 Å². The highest BCUT2D eigenvalue weighted by Gasteiger charge is 2.43. The third kappa shape index (κ3) is 1.44. The Morgan fingerprint density at radius 2 is 1.55 bits per heavy atom. The van der Waals surface area contributed by atoms with Crippen LogP contribution in [0.2, 0.25) is 0 Å². The molecule has 1 aliphatic heterocycles. The zero-order chi connectivity index (χ0) is 8.32. The fourth-order valence-corrected chi connectivity index (χ4v) is 2.32. The fraction of sp³-hybridized carbons (Fsp3) is 1.00. The van der Waals surface area contributed by atoms with Crippen molar-refractivity contribution in [3.63, 3.8) is 0 Å². The van der Waals surface area contributed by atoms with Gasteiger partial charge in [0.15, 0.2) is 0 Å². The van der Waals surface area contributed by atoms with Crippen molar-refractivity contribution in [3.8, 4) is 0 Å². The molecule has 2 rings (SSSR count). The average molecular weight is 155 g/mol. The van der Waals surface area contributed by atoms with Crippen LogP contribution < -0.4 is 0 Å². The van der Waals surface area contributed by atoms with Crippen LogP contribution in [-0.2, 0) is 0 Å². The van der Waals surface area contributed by atoms with E-state index in [1.807, 2.05) is 13.8 Å². The van der Waals surface area contributed by atoms with Gasteiger partial charge in [0.05, 0.1) is 0 Å². The van der Waals surface area contributed by atoms with Gasteiger partial charge in [-0.1, -0.05) is 26.7 Å². The third-order valence-corrected chi connectivity index (χ3v) is 3.26. The van der Waals surface area contributed by atoms with Gasteiger partial charge in [-0.05, 0) is 26.3 Å². The Balaban J connectivity index is 0.000000281. The van der Waals surface area contributed by atoms with Crippen molar-refractivity contribution in [3.05, 3.63) is 0 Å². The number of hydrogen-bond acceptors (Lipinski definition) is 1. The van der Waals surface area contributed by atoms with E-state index in [1.54, 1.807) is 0 Å². The van der Waals surface area contributed by atoms with Gasteiger partial charge < -0.3 is 4.90 Å². The molecule has 0 unspecified atom stereocenters. The van der Waals surface area contributed by atoms with E-state index in [0.717, 1.165) is 0 Å². The van der Waals surface area contributed by atoms with Crippen molar-refractivity contribution < 1.29 is 0 Å². The Hall–Kier alpha value is -0.0400. The first-order valence-corrected chi connectivity index (χ1v) is 5.05. The molecule has 0 atom stereocenters. The smallest absolute Gasteiger partial charge is 0.0218 e. The summed E-state index contributed by atoms with van der Waals surface area (Å²) in [7, 11) is 2.27. The van der Waals surface area contributed by atoms with Gasteiger partial charge in [0.1, 0.15) is 0 Å². The van der Waals surface area contributed by atoms with Crippen molar-refractivity contribution in [2.24, 2.45) is 0 Å². The summed E-state index contributed by atoms with van der Waals surface area (Å²) in [5, 5.41) is 0. The van der Waals surface area contributed by atoms with Gasteiger partial charge in [-0.2, -0.15) is 0 Å². The lowest BCUT2D eigenvalue weighted by molar-refractivity contribution is 0.0173. The number of nitrogens with zero attached hydrogens (tertiary/aromatic N) is 1. The van der Waals surface area contributed by atoms with Gasteiger partial charge >= 0.3 is 0 Å². The van der Waals surface area contributed by atoms with Crippen LogP contribution in [0.5, 0.6) is 0 Å². The summed E-state index contributed by atoms with van der Waals surface area (Å²) < 4.78 is 0. The predicted octanol–water partition coefficient (Wildman–Crippen LogP) is 2.66. The molecule has 11 heavy (non-hydrogen) atoms. The lowest BCUT2D eigenvalue weighted by Crippen LogP contribution is -2.55. The van der Waals surface area contributed by atoms with Crippen molar-refractivity contribution in [2.45, 2.75) is 51.5 Å². The van der Waals surface area contributed by atoms with E-state index in [-0.39, 0.29) is 0 Å². The standard InChI is InChI=1S/C8H15N.C2H6/c1-9-7-6-8(9)4-2-3-5-8;1-2/h2-7H2,1H3;1-2H3. The largest absolute Gasteiger partial charge is 0.301 e. The summed E-state index contributed by atoms with van der Waals surface area (Å²) in [6.07, 6.45) is 7.38. The Morgan fingerprint density at radius 1 is 1.00 bits per heavy atom. The SMILES string of the molecule is CC.CN1CCC12CCCC2. The van der Waals surface area contributed by atoms with Gasteiger partial charge in [0.2, 0.25) is 0 Å². The Bertz CT molecular complexity index is 114. The number of likely N-dealkylation sites (tertiary alicyclic amines) is 1. The van der Waals surface area contributed by atoms with E-state index in [9.17, 15) is 0 Å². The molecule has 66 valence electrons. The highest BCUT2D eigenvalue weighted by atomic mass is 15.2. The van der Waals surface area contributed by atoms with Crippen LogP contribution in [0.4, 0.5) is 0 Å². The van der Waals surface area contributed by atoms with E-state index in [2.05, 4.69) is 11.9 Å². The molecule has 1 saturated heterocycles. The molecule has 1 nitrogen and oxygen atoms in total. The normalized spacial score (nSPS) is 27.5. The lowest BCUT2D eigenvalue weighted by atomic mass is 9.84. The molecule has 2 aliphatic rings. The zero-order valence-electron chi connectivity index (χ0n) is 8.19. The Morgan fingerprint density at radius 3 is 1.73 bits per heavy atom. The second kappa shape index (κ2) is 3.57. The van der Waals surface area contributed by atoms with Crippen molar-refractivity contribution >= 4 is 0 Å². The summed E-state index contributed by atoms with van der Waals surface area (Å²) in [6, 6.07) is 0. The van der Waals surface area contributed by atoms with Gasteiger partial charge in [-0.3, -0.25) is 0 Å². The molecule has 1 aliphatic carbocycles. The van der Waals surface area contributed by atoms with E-state index < -0.39 is 0 Å². The molecular weight excluding hydrogens is 134 g/mol. The summed E-state index contributed by atoms with van der Waals surface area (Å²) in [6.45, 7) is 5.35. The Kier molecular flexibility index (Phi) is 2.94. The second-order valence-electron chi connectivity index (χ2n) is 3.60. The van der Waals surface area contributed by atoms with Crippen LogP contribution in [0.25, 0.3) is 0 Å². The lowest BCUT2D eigenvalue weighted by Gasteiger charge is -2.48. The van der Waals surface area contributed by atoms with E-state index >= 15 is 0 Å². The zero-order valence-corrected chi connectivity index (χ0v) is 8.19. The summed E-state index contributed by atoms with van der Waals surface area (Å²) in [5.41, 5.74) is 0.708. The molecule has 0 radical (unpaired) electrons. The number of hydrogen-bond donors (Lipinski definition) is 0. The minimum absolute atomic E-state index is 0.708. The predicted molar refractivity (Wildman–Crippen MR) is 49.8 cm³/mol. The summed E-state index contributed by atoms with van der Waals surface area (Å²) >= 11 is 0. The quantitative estimate of drug-likeness (QED) is 0.520. The highest BCUT2D eigenvalue weighted by molar-refractivity contribution is 5.00. The van der Waals surface area contributed by atoms with E-state index in [0.29, 0.717) is 5.54 Å². The van der Waals surface area contributed by atoms with Gasteiger partial charge in [-0.15, -0.1) is 0 Å². The molecule has 0 aromatic carbocycles. The molecule has 1 spiro atoms. The minimum Gasteiger partial charge on any atom is -0.301 e. The van der Waals surface area contributed by atoms with Crippen LogP contribution >= 0.6 is 0 Å². The maximum absolute atomic E-state index is 2.54. The molecule has 2 fully saturated rings. The maximum atomic E-state index is 2.54. The topological polar surface area (TPSA) is 3.24 Å². The Labute approximate surface area is 70.8 Å².